The summed E-state index contributed by atoms with van der Waals surface area (Å²) in [5, 5.41) is 3.06. The molecule has 1 N–H and O–H groups in total. The second-order valence-corrected chi connectivity index (χ2v) is 3.55. The van der Waals surface area contributed by atoms with E-state index in [1.807, 2.05) is 25.2 Å². The molecular formula is C13H13FN2. The molecule has 2 aromatic rings. The lowest BCUT2D eigenvalue weighted by Crippen LogP contribution is -2.06. The average Bonchev–Trinajstić information content (AvgIpc) is 2.33. The first-order valence-electron chi connectivity index (χ1n) is 5.15. The van der Waals surface area contributed by atoms with E-state index in [-0.39, 0.29) is 5.82 Å². The van der Waals surface area contributed by atoms with Gasteiger partial charge < -0.3 is 5.32 Å². The topological polar surface area (TPSA) is 24.9 Å². The zero-order valence-corrected chi connectivity index (χ0v) is 9.07. The fraction of sp³-hybridized carbons (Fsp3) is 0.154. The minimum absolute atomic E-state index is 0.236. The lowest BCUT2D eigenvalue weighted by Gasteiger charge is -2.08. The van der Waals surface area contributed by atoms with Crippen LogP contribution in [-0.4, -0.2) is 12.0 Å². The number of hydrogen-bond donors (Lipinski definition) is 1. The van der Waals surface area contributed by atoms with E-state index in [9.17, 15) is 4.39 Å². The number of nitrogens with one attached hydrogen (secondary N) is 1. The summed E-state index contributed by atoms with van der Waals surface area (Å²) >= 11 is 0. The maximum absolute atomic E-state index is 13.2. The minimum atomic E-state index is -0.236. The van der Waals surface area contributed by atoms with Crippen LogP contribution in [0.4, 0.5) is 4.39 Å². The highest BCUT2D eigenvalue weighted by Gasteiger charge is 2.06. The minimum Gasteiger partial charge on any atom is -0.316 e. The van der Waals surface area contributed by atoms with E-state index in [1.165, 1.54) is 12.1 Å². The summed E-state index contributed by atoms with van der Waals surface area (Å²) in [5.41, 5.74) is 2.69. The van der Waals surface area contributed by atoms with Crippen LogP contribution >= 0.6 is 0 Å². The van der Waals surface area contributed by atoms with Gasteiger partial charge in [0.1, 0.15) is 5.82 Å². The summed E-state index contributed by atoms with van der Waals surface area (Å²) in [6, 6.07) is 10.4. The molecule has 1 heterocycles. The number of benzene rings is 1. The molecule has 0 aliphatic heterocycles. The van der Waals surface area contributed by atoms with Crippen molar-refractivity contribution in [1.29, 1.82) is 0 Å². The number of hydrogen-bond acceptors (Lipinski definition) is 2. The summed E-state index contributed by atoms with van der Waals surface area (Å²) < 4.78 is 13.2. The van der Waals surface area contributed by atoms with E-state index in [0.29, 0.717) is 6.54 Å². The molecule has 3 heteroatoms. The van der Waals surface area contributed by atoms with Gasteiger partial charge in [-0.05, 0) is 36.9 Å². The fourth-order valence-corrected chi connectivity index (χ4v) is 1.65. The maximum atomic E-state index is 13.2. The lowest BCUT2D eigenvalue weighted by molar-refractivity contribution is 0.627. The monoisotopic (exact) mass is 216 g/mol. The molecule has 0 unspecified atom stereocenters. The first kappa shape index (κ1) is 10.8. The Balaban J connectivity index is 2.49. The quantitative estimate of drug-likeness (QED) is 0.853. The normalized spacial score (nSPS) is 10.4. The Kier molecular flexibility index (Phi) is 3.27. The Bertz CT molecular complexity index is 469. The largest absolute Gasteiger partial charge is 0.316 e. The molecule has 0 aliphatic carbocycles. The van der Waals surface area contributed by atoms with Crippen molar-refractivity contribution in [3.8, 4) is 11.3 Å². The molecule has 0 fully saturated rings. The third kappa shape index (κ3) is 2.25. The first-order chi connectivity index (χ1) is 7.81. The number of rotatable bonds is 3. The molecule has 0 spiro atoms. The Labute approximate surface area is 94.2 Å². The van der Waals surface area contributed by atoms with E-state index >= 15 is 0 Å². The van der Waals surface area contributed by atoms with Crippen LogP contribution in [0.1, 0.15) is 5.56 Å². The van der Waals surface area contributed by atoms with Crippen molar-refractivity contribution in [1.82, 2.24) is 10.3 Å². The van der Waals surface area contributed by atoms with Crippen LogP contribution < -0.4 is 5.32 Å². The summed E-state index contributed by atoms with van der Waals surface area (Å²) in [6.07, 6.45) is 1.71. The predicted molar refractivity (Wildman–Crippen MR) is 62.4 cm³/mol. The van der Waals surface area contributed by atoms with E-state index in [1.54, 1.807) is 12.3 Å². The van der Waals surface area contributed by atoms with Crippen molar-refractivity contribution in [2.75, 3.05) is 7.05 Å². The standard InChI is InChI=1S/C13H13FN2/c1-15-9-10-5-6-11(14)8-12(10)13-4-2-3-7-16-13/h2-8,15H,9H2,1H3. The van der Waals surface area contributed by atoms with Crippen LogP contribution in [0.3, 0.4) is 0 Å². The van der Waals surface area contributed by atoms with Gasteiger partial charge in [-0.3, -0.25) is 4.98 Å². The van der Waals surface area contributed by atoms with Crippen LogP contribution in [0.2, 0.25) is 0 Å². The first-order valence-corrected chi connectivity index (χ1v) is 5.15. The van der Waals surface area contributed by atoms with Gasteiger partial charge in [0.2, 0.25) is 0 Å². The van der Waals surface area contributed by atoms with Gasteiger partial charge in [0.15, 0.2) is 0 Å². The zero-order valence-electron chi connectivity index (χ0n) is 9.07. The molecule has 0 saturated heterocycles. The van der Waals surface area contributed by atoms with Gasteiger partial charge in [0.25, 0.3) is 0 Å². The Hall–Kier alpha value is -1.74. The highest BCUT2D eigenvalue weighted by atomic mass is 19.1. The Morgan fingerprint density at radius 2 is 2.12 bits per heavy atom. The second-order valence-electron chi connectivity index (χ2n) is 3.55. The van der Waals surface area contributed by atoms with Gasteiger partial charge in [-0.1, -0.05) is 12.1 Å². The molecule has 0 saturated carbocycles. The predicted octanol–water partition coefficient (Wildman–Crippen LogP) is 2.61. The highest BCUT2D eigenvalue weighted by Crippen LogP contribution is 2.22. The van der Waals surface area contributed by atoms with Crippen LogP contribution in [0.5, 0.6) is 0 Å². The van der Waals surface area contributed by atoms with Gasteiger partial charge in [-0.2, -0.15) is 0 Å². The fourth-order valence-electron chi connectivity index (χ4n) is 1.65. The van der Waals surface area contributed by atoms with Gasteiger partial charge in [-0.15, -0.1) is 0 Å². The number of halogens is 1. The molecular weight excluding hydrogens is 203 g/mol. The van der Waals surface area contributed by atoms with Crippen LogP contribution in [-0.2, 0) is 6.54 Å². The molecule has 82 valence electrons. The third-order valence-electron chi connectivity index (χ3n) is 2.38. The van der Waals surface area contributed by atoms with Crippen molar-refractivity contribution < 1.29 is 4.39 Å². The number of nitrogens with zero attached hydrogens (tertiary/aromatic N) is 1. The maximum Gasteiger partial charge on any atom is 0.123 e. The van der Waals surface area contributed by atoms with Crippen molar-refractivity contribution in [3.63, 3.8) is 0 Å². The lowest BCUT2D eigenvalue weighted by atomic mass is 10.0. The van der Waals surface area contributed by atoms with Gasteiger partial charge in [0.05, 0.1) is 5.69 Å². The zero-order chi connectivity index (χ0) is 11.4. The highest BCUT2D eigenvalue weighted by molar-refractivity contribution is 5.63. The summed E-state index contributed by atoms with van der Waals surface area (Å²) in [6.45, 7) is 0.701. The SMILES string of the molecule is CNCc1ccc(F)cc1-c1ccccn1. The van der Waals surface area contributed by atoms with E-state index in [2.05, 4.69) is 10.3 Å². The average molecular weight is 216 g/mol. The van der Waals surface area contributed by atoms with Crippen molar-refractivity contribution >= 4 is 0 Å². The molecule has 0 bridgehead atoms. The van der Waals surface area contributed by atoms with Crippen molar-refractivity contribution in [2.45, 2.75) is 6.54 Å². The summed E-state index contributed by atoms with van der Waals surface area (Å²) in [4.78, 5) is 4.24. The van der Waals surface area contributed by atoms with Gasteiger partial charge >= 0.3 is 0 Å². The number of pyridine rings is 1. The van der Waals surface area contributed by atoms with E-state index in [4.69, 9.17) is 0 Å². The number of aromatic nitrogens is 1. The smallest absolute Gasteiger partial charge is 0.123 e. The molecule has 1 aromatic heterocycles. The molecule has 16 heavy (non-hydrogen) atoms. The Morgan fingerprint density at radius 1 is 1.25 bits per heavy atom. The summed E-state index contributed by atoms with van der Waals surface area (Å²) in [7, 11) is 1.87. The summed E-state index contributed by atoms with van der Waals surface area (Å²) in [5.74, 6) is -0.236. The second kappa shape index (κ2) is 4.86. The third-order valence-corrected chi connectivity index (χ3v) is 2.38. The van der Waals surface area contributed by atoms with Gasteiger partial charge in [-0.25, -0.2) is 4.39 Å². The van der Waals surface area contributed by atoms with Gasteiger partial charge in [0, 0.05) is 18.3 Å². The Morgan fingerprint density at radius 3 is 2.81 bits per heavy atom. The molecule has 2 nitrogen and oxygen atoms in total. The van der Waals surface area contributed by atoms with Crippen LogP contribution in [0, 0.1) is 5.82 Å². The van der Waals surface area contributed by atoms with Crippen molar-refractivity contribution in [3.05, 3.63) is 54.0 Å². The molecule has 0 radical (unpaired) electrons. The van der Waals surface area contributed by atoms with E-state index < -0.39 is 0 Å². The molecule has 1 aromatic carbocycles. The molecule has 0 aliphatic rings. The molecule has 0 amide bonds. The van der Waals surface area contributed by atoms with Crippen molar-refractivity contribution in [2.24, 2.45) is 0 Å². The van der Waals surface area contributed by atoms with Crippen LogP contribution in [0.15, 0.2) is 42.6 Å². The molecule has 2 rings (SSSR count). The van der Waals surface area contributed by atoms with Crippen LogP contribution in [0.25, 0.3) is 11.3 Å². The molecule has 0 atom stereocenters. The van der Waals surface area contributed by atoms with E-state index in [0.717, 1.165) is 16.8 Å².